The zero-order chi connectivity index (χ0) is 23.6. The van der Waals surface area contributed by atoms with Gasteiger partial charge in [0.2, 0.25) is 0 Å². The van der Waals surface area contributed by atoms with Crippen molar-refractivity contribution in [3.05, 3.63) is 0 Å². The summed E-state index contributed by atoms with van der Waals surface area (Å²) < 4.78 is 12.3. The third-order valence-corrected chi connectivity index (χ3v) is 6.86. The van der Waals surface area contributed by atoms with Crippen LogP contribution in [-0.4, -0.2) is 32.0 Å². The van der Waals surface area contributed by atoms with Crippen molar-refractivity contribution in [2.75, 3.05) is 26.4 Å². The highest BCUT2D eigenvalue weighted by Gasteiger charge is 2.29. The average molecular weight is 492 g/mol. The SMILES string of the molecule is CCCCCCCCC(CCCCCCCC)(CCCCCCCC)OCCOCCN.Cl. The molecule has 33 heavy (non-hydrogen) atoms. The molecule has 0 atom stereocenters. The minimum absolute atomic E-state index is 0. The zero-order valence-corrected chi connectivity index (χ0v) is 23.8. The lowest BCUT2D eigenvalue weighted by molar-refractivity contribution is -0.0857. The molecule has 0 aromatic rings. The molecule has 0 unspecified atom stereocenters. The maximum atomic E-state index is 6.69. The molecule has 2 N–H and O–H groups in total. The summed E-state index contributed by atoms with van der Waals surface area (Å²) in [6, 6.07) is 0. The Hall–Kier alpha value is 0.170. The normalized spacial score (nSPS) is 11.6. The molecule has 0 saturated heterocycles. The maximum Gasteiger partial charge on any atom is 0.0708 e. The van der Waals surface area contributed by atoms with E-state index in [1.165, 1.54) is 135 Å². The van der Waals surface area contributed by atoms with Gasteiger partial charge in [-0.3, -0.25) is 0 Å². The second kappa shape index (κ2) is 28.4. The Morgan fingerprint density at radius 2 is 0.848 bits per heavy atom. The third kappa shape index (κ3) is 23.7. The molecule has 0 saturated carbocycles. The first-order valence-electron chi connectivity index (χ1n) is 14.7. The molecule has 0 amide bonds. The summed E-state index contributed by atoms with van der Waals surface area (Å²) in [5.74, 6) is 0. The van der Waals surface area contributed by atoms with Gasteiger partial charge in [0.1, 0.15) is 0 Å². The summed E-state index contributed by atoms with van der Waals surface area (Å²) in [4.78, 5) is 0. The van der Waals surface area contributed by atoms with Crippen molar-refractivity contribution in [2.24, 2.45) is 5.73 Å². The molecule has 0 aliphatic rings. The smallest absolute Gasteiger partial charge is 0.0708 e. The summed E-state index contributed by atoms with van der Waals surface area (Å²) in [7, 11) is 0. The van der Waals surface area contributed by atoms with Crippen molar-refractivity contribution in [3.63, 3.8) is 0 Å². The molecule has 0 aromatic carbocycles. The molecule has 0 aliphatic heterocycles. The monoisotopic (exact) mass is 491 g/mol. The molecule has 0 heterocycles. The number of hydrogen-bond donors (Lipinski definition) is 1. The van der Waals surface area contributed by atoms with E-state index in [1.807, 2.05) is 0 Å². The van der Waals surface area contributed by atoms with Crippen LogP contribution in [0.5, 0.6) is 0 Å². The van der Waals surface area contributed by atoms with Crippen LogP contribution in [0.2, 0.25) is 0 Å². The Balaban J connectivity index is 0. The molecule has 0 aliphatic carbocycles. The highest BCUT2D eigenvalue weighted by molar-refractivity contribution is 5.85. The lowest BCUT2D eigenvalue weighted by atomic mass is 9.84. The molecule has 0 fully saturated rings. The van der Waals surface area contributed by atoms with Crippen molar-refractivity contribution in [1.82, 2.24) is 0 Å². The van der Waals surface area contributed by atoms with Crippen LogP contribution < -0.4 is 5.73 Å². The van der Waals surface area contributed by atoms with Crippen LogP contribution in [0, 0.1) is 0 Å². The highest BCUT2D eigenvalue weighted by Crippen LogP contribution is 2.33. The van der Waals surface area contributed by atoms with E-state index in [0.717, 1.165) is 6.61 Å². The fourth-order valence-corrected chi connectivity index (χ4v) is 4.78. The fraction of sp³-hybridized carbons (Fsp3) is 1.00. The predicted octanol–water partition coefficient (Wildman–Crippen LogP) is 9.39. The first-order valence-corrected chi connectivity index (χ1v) is 14.7. The molecule has 0 radical (unpaired) electrons. The number of hydrogen-bond acceptors (Lipinski definition) is 3. The zero-order valence-electron chi connectivity index (χ0n) is 23.0. The standard InChI is InChI=1S/C29H61NO2.ClH/c1-4-7-10-13-16-19-22-29(32-28-27-31-26-25-30,23-20-17-14-11-8-5-2)24-21-18-15-12-9-6-3;/h4-28,30H2,1-3H3;1H. The van der Waals surface area contributed by atoms with Crippen LogP contribution in [0.15, 0.2) is 0 Å². The summed E-state index contributed by atoms with van der Waals surface area (Å²) in [5.41, 5.74) is 5.65. The second-order valence-electron chi connectivity index (χ2n) is 9.99. The second-order valence-corrected chi connectivity index (χ2v) is 9.99. The number of halogens is 1. The third-order valence-electron chi connectivity index (χ3n) is 6.86. The van der Waals surface area contributed by atoms with Gasteiger partial charge in [0.05, 0.1) is 25.4 Å². The van der Waals surface area contributed by atoms with Gasteiger partial charge in [-0.2, -0.15) is 0 Å². The molecule has 0 rings (SSSR count). The van der Waals surface area contributed by atoms with Crippen LogP contribution in [0.25, 0.3) is 0 Å². The molecule has 0 aromatic heterocycles. The van der Waals surface area contributed by atoms with Gasteiger partial charge in [-0.15, -0.1) is 12.4 Å². The number of nitrogens with two attached hydrogens (primary N) is 1. The summed E-state index contributed by atoms with van der Waals surface area (Å²) in [5, 5.41) is 0. The quantitative estimate of drug-likeness (QED) is 0.116. The lowest BCUT2D eigenvalue weighted by Crippen LogP contribution is -2.34. The number of rotatable bonds is 27. The van der Waals surface area contributed by atoms with Gasteiger partial charge >= 0.3 is 0 Å². The van der Waals surface area contributed by atoms with E-state index >= 15 is 0 Å². The van der Waals surface area contributed by atoms with Crippen LogP contribution in [-0.2, 0) is 9.47 Å². The van der Waals surface area contributed by atoms with Crippen molar-refractivity contribution in [3.8, 4) is 0 Å². The lowest BCUT2D eigenvalue weighted by Gasteiger charge is -2.35. The van der Waals surface area contributed by atoms with Gasteiger partial charge in [0, 0.05) is 6.54 Å². The van der Waals surface area contributed by atoms with E-state index in [0.29, 0.717) is 19.8 Å². The van der Waals surface area contributed by atoms with E-state index in [-0.39, 0.29) is 18.0 Å². The molecule has 202 valence electrons. The summed E-state index contributed by atoms with van der Waals surface area (Å²) >= 11 is 0. The van der Waals surface area contributed by atoms with Gasteiger partial charge < -0.3 is 15.2 Å². The van der Waals surface area contributed by atoms with E-state index in [1.54, 1.807) is 0 Å². The minimum Gasteiger partial charge on any atom is -0.378 e. The van der Waals surface area contributed by atoms with Gasteiger partial charge in [-0.25, -0.2) is 0 Å². The molecule has 0 bridgehead atoms. The van der Waals surface area contributed by atoms with Crippen molar-refractivity contribution in [2.45, 2.75) is 161 Å². The van der Waals surface area contributed by atoms with Crippen molar-refractivity contribution < 1.29 is 9.47 Å². The Labute approximate surface area is 215 Å². The molecule has 0 spiro atoms. The van der Waals surface area contributed by atoms with Gasteiger partial charge in [-0.05, 0) is 19.3 Å². The first kappa shape index (κ1) is 35.3. The van der Waals surface area contributed by atoms with E-state index in [9.17, 15) is 0 Å². The van der Waals surface area contributed by atoms with Crippen molar-refractivity contribution in [1.29, 1.82) is 0 Å². The Morgan fingerprint density at radius 3 is 1.21 bits per heavy atom. The number of unbranched alkanes of at least 4 members (excludes halogenated alkanes) is 15. The largest absolute Gasteiger partial charge is 0.378 e. The predicted molar refractivity (Wildman–Crippen MR) is 150 cm³/mol. The minimum atomic E-state index is 0. The van der Waals surface area contributed by atoms with E-state index < -0.39 is 0 Å². The van der Waals surface area contributed by atoms with Crippen LogP contribution in [0.4, 0.5) is 0 Å². The van der Waals surface area contributed by atoms with Crippen LogP contribution in [0.3, 0.4) is 0 Å². The van der Waals surface area contributed by atoms with E-state index in [4.69, 9.17) is 15.2 Å². The summed E-state index contributed by atoms with van der Waals surface area (Å²) in [6.45, 7) is 9.54. The molecule has 4 heteroatoms. The molecular formula is C29H62ClNO2. The van der Waals surface area contributed by atoms with Gasteiger partial charge in [-0.1, -0.05) is 136 Å². The van der Waals surface area contributed by atoms with E-state index in [2.05, 4.69) is 20.8 Å². The van der Waals surface area contributed by atoms with Crippen LogP contribution >= 0.6 is 12.4 Å². The Bertz CT molecular complexity index is 314. The first-order chi connectivity index (χ1) is 15.7. The van der Waals surface area contributed by atoms with Crippen molar-refractivity contribution >= 4 is 12.4 Å². The number of ether oxygens (including phenoxy) is 2. The summed E-state index contributed by atoms with van der Waals surface area (Å²) in [6.07, 6.45) is 28.2. The van der Waals surface area contributed by atoms with Crippen LogP contribution in [0.1, 0.15) is 156 Å². The topological polar surface area (TPSA) is 44.5 Å². The molecule has 3 nitrogen and oxygen atoms in total. The average Bonchev–Trinajstić information content (AvgIpc) is 2.80. The molecular weight excluding hydrogens is 430 g/mol. The fourth-order valence-electron chi connectivity index (χ4n) is 4.78. The Morgan fingerprint density at radius 1 is 0.485 bits per heavy atom. The maximum absolute atomic E-state index is 6.69. The van der Waals surface area contributed by atoms with Gasteiger partial charge in [0.25, 0.3) is 0 Å². The Kier molecular flexibility index (Phi) is 30.4. The highest BCUT2D eigenvalue weighted by atomic mass is 35.5. The van der Waals surface area contributed by atoms with Gasteiger partial charge in [0.15, 0.2) is 0 Å².